The van der Waals surface area contributed by atoms with E-state index in [0.717, 1.165) is 18.1 Å². The average molecular weight is 311 g/mol. The summed E-state index contributed by atoms with van der Waals surface area (Å²) in [5.41, 5.74) is 1.07. The lowest BCUT2D eigenvalue weighted by Gasteiger charge is -2.11. The van der Waals surface area contributed by atoms with Crippen LogP contribution < -0.4 is 5.69 Å². The number of halogens is 1. The Bertz CT molecular complexity index is 931. The molecule has 1 N–H and O–H groups in total. The van der Waals surface area contributed by atoms with Gasteiger partial charge in [0.05, 0.1) is 11.7 Å². The molecule has 2 aromatic carbocycles. The highest BCUT2D eigenvalue weighted by Gasteiger charge is 2.29. The zero-order valence-corrected chi connectivity index (χ0v) is 12.2. The van der Waals surface area contributed by atoms with Gasteiger partial charge in [-0.3, -0.25) is 4.57 Å². The summed E-state index contributed by atoms with van der Waals surface area (Å²) in [5.74, 6) is -0.532. The number of aryl methyl sites for hydroxylation is 1. The summed E-state index contributed by atoms with van der Waals surface area (Å²) in [6.45, 7) is 0. The first kappa shape index (κ1) is 13.8. The van der Waals surface area contributed by atoms with Crippen LogP contribution in [0.15, 0.2) is 53.3 Å². The van der Waals surface area contributed by atoms with Gasteiger partial charge >= 0.3 is 5.69 Å². The fourth-order valence-electron chi connectivity index (χ4n) is 3.08. The SMILES string of the molecule is O=c1n(-c2ccc(O)c(F)c2)nc2n1C(c1ccccc1)CC2. The quantitative estimate of drug-likeness (QED) is 0.790. The van der Waals surface area contributed by atoms with Crippen molar-refractivity contribution in [2.45, 2.75) is 18.9 Å². The predicted molar refractivity (Wildman–Crippen MR) is 82.3 cm³/mol. The van der Waals surface area contributed by atoms with Crippen LogP contribution in [0.5, 0.6) is 5.75 Å². The molecule has 1 unspecified atom stereocenters. The summed E-state index contributed by atoms with van der Waals surface area (Å²) >= 11 is 0. The molecule has 0 amide bonds. The Morgan fingerprint density at radius 3 is 2.70 bits per heavy atom. The van der Waals surface area contributed by atoms with Gasteiger partial charge in [-0.25, -0.2) is 9.18 Å². The number of hydrogen-bond acceptors (Lipinski definition) is 3. The summed E-state index contributed by atoms with van der Waals surface area (Å²) in [6, 6.07) is 13.6. The zero-order chi connectivity index (χ0) is 16.0. The number of phenols is 1. The molecule has 116 valence electrons. The van der Waals surface area contributed by atoms with Gasteiger partial charge in [0.15, 0.2) is 11.6 Å². The van der Waals surface area contributed by atoms with Gasteiger partial charge in [0.1, 0.15) is 5.82 Å². The van der Waals surface area contributed by atoms with E-state index in [0.29, 0.717) is 17.9 Å². The first-order chi connectivity index (χ1) is 11.1. The second-order valence-corrected chi connectivity index (χ2v) is 5.58. The van der Waals surface area contributed by atoms with Crippen molar-refractivity contribution in [2.75, 3.05) is 0 Å². The van der Waals surface area contributed by atoms with E-state index in [1.807, 2.05) is 30.3 Å². The molecular weight excluding hydrogens is 297 g/mol. The zero-order valence-electron chi connectivity index (χ0n) is 12.2. The molecule has 0 fully saturated rings. The summed E-state index contributed by atoms with van der Waals surface area (Å²) in [4.78, 5) is 12.7. The number of benzene rings is 2. The highest BCUT2D eigenvalue weighted by Crippen LogP contribution is 2.29. The number of rotatable bonds is 2. The van der Waals surface area contributed by atoms with E-state index >= 15 is 0 Å². The van der Waals surface area contributed by atoms with E-state index in [9.17, 15) is 14.3 Å². The van der Waals surface area contributed by atoms with E-state index in [4.69, 9.17) is 0 Å². The lowest BCUT2D eigenvalue weighted by molar-refractivity contribution is 0.432. The molecule has 1 aromatic heterocycles. The number of phenolic OH excluding ortho intramolecular Hbond substituents is 1. The van der Waals surface area contributed by atoms with Gasteiger partial charge in [0, 0.05) is 12.5 Å². The van der Waals surface area contributed by atoms with Gasteiger partial charge in [0.25, 0.3) is 0 Å². The smallest absolute Gasteiger partial charge is 0.351 e. The van der Waals surface area contributed by atoms with Gasteiger partial charge in [-0.05, 0) is 24.1 Å². The van der Waals surface area contributed by atoms with Crippen LogP contribution >= 0.6 is 0 Å². The van der Waals surface area contributed by atoms with Gasteiger partial charge in [-0.15, -0.1) is 5.10 Å². The summed E-state index contributed by atoms with van der Waals surface area (Å²) in [6.07, 6.45) is 1.52. The predicted octanol–water partition coefficient (Wildman–Crippen LogP) is 2.41. The molecule has 0 spiro atoms. The molecule has 3 aromatic rings. The van der Waals surface area contributed by atoms with Crippen LogP contribution in [-0.4, -0.2) is 19.5 Å². The molecular formula is C17H14FN3O2. The first-order valence-corrected chi connectivity index (χ1v) is 7.39. The standard InChI is InChI=1S/C17H14FN3O2/c18-13-10-12(6-8-15(13)22)21-17(23)20-14(7-9-16(20)19-21)11-4-2-1-3-5-11/h1-6,8,10,14,22H,7,9H2. The Labute approximate surface area is 131 Å². The largest absolute Gasteiger partial charge is 0.505 e. The monoisotopic (exact) mass is 311 g/mol. The Balaban J connectivity index is 1.82. The van der Waals surface area contributed by atoms with Gasteiger partial charge in [-0.1, -0.05) is 30.3 Å². The normalized spacial score (nSPS) is 16.5. The van der Waals surface area contributed by atoms with E-state index in [2.05, 4.69) is 5.10 Å². The second-order valence-electron chi connectivity index (χ2n) is 5.58. The molecule has 1 atom stereocenters. The number of aromatic nitrogens is 3. The van der Waals surface area contributed by atoms with Crippen LogP contribution in [0.2, 0.25) is 0 Å². The molecule has 0 bridgehead atoms. The molecule has 0 saturated carbocycles. The summed E-state index contributed by atoms with van der Waals surface area (Å²) in [5, 5.41) is 13.6. The Morgan fingerprint density at radius 2 is 1.96 bits per heavy atom. The second kappa shape index (κ2) is 5.08. The molecule has 1 aliphatic heterocycles. The number of aromatic hydroxyl groups is 1. The van der Waals surface area contributed by atoms with Crippen molar-refractivity contribution in [3.8, 4) is 11.4 Å². The van der Waals surface area contributed by atoms with Crippen molar-refractivity contribution < 1.29 is 9.50 Å². The Hall–Kier alpha value is -2.89. The summed E-state index contributed by atoms with van der Waals surface area (Å²) < 4.78 is 16.4. The third kappa shape index (κ3) is 2.14. The van der Waals surface area contributed by atoms with Crippen LogP contribution in [0, 0.1) is 5.82 Å². The number of fused-ring (bicyclic) bond motifs is 1. The molecule has 2 heterocycles. The maximum atomic E-state index is 13.5. The van der Waals surface area contributed by atoms with E-state index in [1.54, 1.807) is 4.57 Å². The van der Waals surface area contributed by atoms with Crippen LogP contribution in [0.3, 0.4) is 0 Å². The third-order valence-electron chi connectivity index (χ3n) is 4.19. The molecule has 1 aliphatic rings. The van der Waals surface area contributed by atoms with E-state index < -0.39 is 11.6 Å². The maximum Gasteiger partial charge on any atom is 0.351 e. The lowest BCUT2D eigenvalue weighted by atomic mass is 10.1. The van der Waals surface area contributed by atoms with Crippen molar-refractivity contribution in [3.63, 3.8) is 0 Å². The van der Waals surface area contributed by atoms with E-state index in [1.165, 1.54) is 16.8 Å². The molecule has 4 rings (SSSR count). The van der Waals surface area contributed by atoms with Gasteiger partial charge in [-0.2, -0.15) is 4.68 Å². The minimum atomic E-state index is -0.776. The molecule has 0 saturated heterocycles. The molecule has 0 aliphatic carbocycles. The van der Waals surface area contributed by atoms with Crippen LogP contribution in [0.25, 0.3) is 5.69 Å². The fourth-order valence-corrected chi connectivity index (χ4v) is 3.08. The molecule has 0 radical (unpaired) electrons. The molecule has 23 heavy (non-hydrogen) atoms. The van der Waals surface area contributed by atoms with Gasteiger partial charge < -0.3 is 5.11 Å². The van der Waals surface area contributed by atoms with Crippen LogP contribution in [-0.2, 0) is 6.42 Å². The van der Waals surface area contributed by atoms with Crippen LogP contribution in [0.4, 0.5) is 4.39 Å². The average Bonchev–Trinajstić information content (AvgIpc) is 3.12. The lowest BCUT2D eigenvalue weighted by Crippen LogP contribution is -2.26. The molecule has 5 nitrogen and oxygen atoms in total. The highest BCUT2D eigenvalue weighted by molar-refractivity contribution is 5.37. The third-order valence-corrected chi connectivity index (χ3v) is 4.19. The fraction of sp³-hybridized carbons (Fsp3) is 0.176. The first-order valence-electron chi connectivity index (χ1n) is 7.39. The molecule has 6 heteroatoms. The van der Waals surface area contributed by atoms with Crippen molar-refractivity contribution in [1.29, 1.82) is 0 Å². The van der Waals surface area contributed by atoms with E-state index in [-0.39, 0.29) is 11.7 Å². The highest BCUT2D eigenvalue weighted by atomic mass is 19.1. The minimum absolute atomic E-state index is 0.0468. The van der Waals surface area contributed by atoms with Crippen molar-refractivity contribution in [3.05, 3.63) is 76.2 Å². The van der Waals surface area contributed by atoms with Crippen molar-refractivity contribution in [2.24, 2.45) is 0 Å². The number of nitrogens with zero attached hydrogens (tertiary/aromatic N) is 3. The Kier molecular flexibility index (Phi) is 3.04. The summed E-state index contributed by atoms with van der Waals surface area (Å²) in [7, 11) is 0. The van der Waals surface area contributed by atoms with Crippen LogP contribution in [0.1, 0.15) is 23.9 Å². The minimum Gasteiger partial charge on any atom is -0.505 e. The maximum absolute atomic E-state index is 13.5. The van der Waals surface area contributed by atoms with Crippen molar-refractivity contribution >= 4 is 0 Å². The number of hydrogen-bond donors (Lipinski definition) is 1. The van der Waals surface area contributed by atoms with Gasteiger partial charge in [0.2, 0.25) is 0 Å². The topological polar surface area (TPSA) is 60.1 Å². The van der Waals surface area contributed by atoms with Crippen molar-refractivity contribution in [1.82, 2.24) is 14.3 Å². The Morgan fingerprint density at radius 1 is 1.17 bits per heavy atom.